The first-order chi connectivity index (χ1) is 6.25. The maximum absolute atomic E-state index is 10.8. The summed E-state index contributed by atoms with van der Waals surface area (Å²) in [6.07, 6.45) is -0.446. The second-order valence-corrected chi connectivity index (χ2v) is 3.19. The highest BCUT2D eigenvalue weighted by molar-refractivity contribution is 5.69. The van der Waals surface area contributed by atoms with Crippen molar-refractivity contribution >= 4 is 6.09 Å². The lowest BCUT2D eigenvalue weighted by Gasteiger charge is -2.07. The molecule has 1 heterocycles. The molecule has 13 heavy (non-hydrogen) atoms. The van der Waals surface area contributed by atoms with Crippen LogP contribution in [0.3, 0.4) is 0 Å². The molecule has 1 saturated heterocycles. The van der Waals surface area contributed by atoms with Gasteiger partial charge < -0.3 is 10.1 Å². The van der Waals surface area contributed by atoms with Crippen LogP contribution in [0.1, 0.15) is 17.2 Å². The molecule has 1 amide bonds. The Labute approximate surface area is 76.7 Å². The Morgan fingerprint density at radius 3 is 2.62 bits per heavy atom. The average Bonchev–Trinajstić information content (AvgIpc) is 2.53. The lowest BCUT2D eigenvalue weighted by atomic mass is 10.1. The van der Waals surface area contributed by atoms with Crippen molar-refractivity contribution in [3.8, 4) is 0 Å². The van der Waals surface area contributed by atoms with Gasteiger partial charge in [-0.3, -0.25) is 0 Å². The van der Waals surface area contributed by atoms with Crippen LogP contribution in [0.4, 0.5) is 4.79 Å². The second-order valence-electron chi connectivity index (χ2n) is 3.19. The van der Waals surface area contributed by atoms with Gasteiger partial charge in [0, 0.05) is 0 Å². The van der Waals surface area contributed by atoms with E-state index < -0.39 is 0 Å². The third-order valence-electron chi connectivity index (χ3n) is 2.13. The van der Waals surface area contributed by atoms with E-state index in [0.29, 0.717) is 6.54 Å². The molecule has 1 aliphatic rings. The third kappa shape index (κ3) is 1.64. The van der Waals surface area contributed by atoms with Crippen molar-refractivity contribution in [1.82, 2.24) is 5.32 Å². The fourth-order valence-corrected chi connectivity index (χ4v) is 1.36. The monoisotopic (exact) mass is 177 g/mol. The molecule has 0 radical (unpaired) electrons. The maximum atomic E-state index is 10.8. The first-order valence-corrected chi connectivity index (χ1v) is 4.27. The molecular formula is C10H11NO2. The summed E-state index contributed by atoms with van der Waals surface area (Å²) < 4.78 is 5.04. The lowest BCUT2D eigenvalue weighted by Crippen LogP contribution is -2.12. The van der Waals surface area contributed by atoms with Gasteiger partial charge in [0.1, 0.15) is 6.10 Å². The average molecular weight is 177 g/mol. The minimum atomic E-state index is -0.328. The van der Waals surface area contributed by atoms with E-state index in [1.807, 2.05) is 31.2 Å². The van der Waals surface area contributed by atoms with Crippen molar-refractivity contribution in [2.45, 2.75) is 13.0 Å². The number of ether oxygens (including phenoxy) is 1. The number of hydrogen-bond donors (Lipinski definition) is 1. The fraction of sp³-hybridized carbons (Fsp3) is 0.300. The molecular weight excluding hydrogens is 166 g/mol. The van der Waals surface area contributed by atoms with Crippen molar-refractivity contribution in [1.29, 1.82) is 0 Å². The maximum Gasteiger partial charge on any atom is 0.407 e. The molecule has 1 aromatic rings. The number of carbonyl (C=O) groups excluding carboxylic acids is 1. The summed E-state index contributed by atoms with van der Waals surface area (Å²) in [6, 6.07) is 8.00. The zero-order chi connectivity index (χ0) is 9.26. The van der Waals surface area contributed by atoms with Crippen LogP contribution < -0.4 is 5.32 Å². The quantitative estimate of drug-likeness (QED) is 0.710. The molecule has 2 rings (SSSR count). The van der Waals surface area contributed by atoms with Crippen molar-refractivity contribution < 1.29 is 9.53 Å². The molecule has 0 saturated carbocycles. The van der Waals surface area contributed by atoms with Gasteiger partial charge in [0.15, 0.2) is 0 Å². The van der Waals surface area contributed by atoms with Crippen LogP contribution in [0.25, 0.3) is 0 Å². The number of cyclic esters (lactones) is 1. The SMILES string of the molecule is Cc1ccc(C2CNC(=O)O2)cc1. The Balaban J connectivity index is 2.17. The largest absolute Gasteiger partial charge is 0.439 e. The molecule has 0 spiro atoms. The summed E-state index contributed by atoms with van der Waals surface area (Å²) in [4.78, 5) is 10.8. The number of amides is 1. The van der Waals surface area contributed by atoms with Crippen molar-refractivity contribution in [2.75, 3.05) is 6.54 Å². The Kier molecular flexibility index (Phi) is 1.93. The summed E-state index contributed by atoms with van der Waals surface area (Å²) in [5, 5.41) is 2.62. The standard InChI is InChI=1S/C10H11NO2/c1-7-2-4-8(5-3-7)9-6-11-10(12)13-9/h2-5,9H,6H2,1H3,(H,11,12). The highest BCUT2D eigenvalue weighted by atomic mass is 16.6. The van der Waals surface area contributed by atoms with Crippen LogP contribution >= 0.6 is 0 Å². The van der Waals surface area contributed by atoms with Crippen LogP contribution in [0.5, 0.6) is 0 Å². The summed E-state index contributed by atoms with van der Waals surface area (Å²) in [5.41, 5.74) is 2.25. The molecule has 1 aliphatic heterocycles. The Morgan fingerprint density at radius 1 is 1.38 bits per heavy atom. The predicted octanol–water partition coefficient (Wildman–Crippen LogP) is 1.78. The van der Waals surface area contributed by atoms with Gasteiger partial charge in [-0.2, -0.15) is 0 Å². The first-order valence-electron chi connectivity index (χ1n) is 4.27. The fourth-order valence-electron chi connectivity index (χ4n) is 1.36. The van der Waals surface area contributed by atoms with Gasteiger partial charge in [-0.05, 0) is 12.5 Å². The minimum absolute atomic E-state index is 0.118. The molecule has 68 valence electrons. The van der Waals surface area contributed by atoms with Gasteiger partial charge in [-0.1, -0.05) is 29.8 Å². The third-order valence-corrected chi connectivity index (χ3v) is 2.13. The van der Waals surface area contributed by atoms with Gasteiger partial charge in [0.05, 0.1) is 6.54 Å². The summed E-state index contributed by atoms with van der Waals surface area (Å²) in [7, 11) is 0. The van der Waals surface area contributed by atoms with E-state index in [-0.39, 0.29) is 12.2 Å². The zero-order valence-corrected chi connectivity index (χ0v) is 7.41. The number of nitrogens with one attached hydrogen (secondary N) is 1. The number of benzene rings is 1. The minimum Gasteiger partial charge on any atom is -0.439 e. The predicted molar refractivity (Wildman–Crippen MR) is 48.4 cm³/mol. The summed E-state index contributed by atoms with van der Waals surface area (Å²) in [5.74, 6) is 0. The van der Waals surface area contributed by atoms with Crippen molar-refractivity contribution in [2.24, 2.45) is 0 Å². The second kappa shape index (κ2) is 3.09. The van der Waals surface area contributed by atoms with Gasteiger partial charge in [-0.25, -0.2) is 4.79 Å². The normalized spacial score (nSPS) is 21.0. The van der Waals surface area contributed by atoms with Gasteiger partial charge in [0.2, 0.25) is 0 Å². The lowest BCUT2D eigenvalue weighted by molar-refractivity contribution is 0.141. The van der Waals surface area contributed by atoms with E-state index in [1.54, 1.807) is 0 Å². The van der Waals surface area contributed by atoms with E-state index in [9.17, 15) is 4.79 Å². The van der Waals surface area contributed by atoms with Crippen LogP contribution in [-0.4, -0.2) is 12.6 Å². The Bertz CT molecular complexity index is 318. The zero-order valence-electron chi connectivity index (χ0n) is 7.41. The number of aryl methyl sites for hydroxylation is 1. The molecule has 0 aromatic heterocycles. The van der Waals surface area contributed by atoms with Gasteiger partial charge in [0.25, 0.3) is 0 Å². The highest BCUT2D eigenvalue weighted by Crippen LogP contribution is 2.20. The first kappa shape index (κ1) is 8.10. The molecule has 3 nitrogen and oxygen atoms in total. The molecule has 1 fully saturated rings. The summed E-state index contributed by atoms with van der Waals surface area (Å²) in [6.45, 7) is 2.60. The van der Waals surface area contributed by atoms with Crippen LogP contribution in [0.2, 0.25) is 0 Å². The van der Waals surface area contributed by atoms with Crippen LogP contribution in [0.15, 0.2) is 24.3 Å². The molecule has 1 N–H and O–H groups in total. The summed E-state index contributed by atoms with van der Waals surface area (Å²) >= 11 is 0. The van der Waals surface area contributed by atoms with E-state index >= 15 is 0 Å². The van der Waals surface area contributed by atoms with E-state index in [1.165, 1.54) is 5.56 Å². The van der Waals surface area contributed by atoms with Crippen molar-refractivity contribution in [3.05, 3.63) is 35.4 Å². The topological polar surface area (TPSA) is 38.3 Å². The molecule has 0 bridgehead atoms. The molecule has 3 heteroatoms. The number of carbonyl (C=O) groups is 1. The van der Waals surface area contributed by atoms with Gasteiger partial charge in [-0.15, -0.1) is 0 Å². The highest BCUT2D eigenvalue weighted by Gasteiger charge is 2.23. The number of rotatable bonds is 1. The Hall–Kier alpha value is -1.51. The molecule has 1 aromatic carbocycles. The molecule has 1 atom stereocenters. The van der Waals surface area contributed by atoms with Crippen LogP contribution in [-0.2, 0) is 4.74 Å². The van der Waals surface area contributed by atoms with E-state index in [0.717, 1.165) is 5.56 Å². The molecule has 1 unspecified atom stereocenters. The Morgan fingerprint density at radius 2 is 2.08 bits per heavy atom. The van der Waals surface area contributed by atoms with E-state index in [4.69, 9.17) is 4.74 Å². The molecule has 0 aliphatic carbocycles. The van der Waals surface area contributed by atoms with Crippen molar-refractivity contribution in [3.63, 3.8) is 0 Å². The number of alkyl carbamates (subject to hydrolysis) is 1. The number of hydrogen-bond acceptors (Lipinski definition) is 2. The van der Waals surface area contributed by atoms with Crippen LogP contribution in [0, 0.1) is 6.92 Å². The van der Waals surface area contributed by atoms with Gasteiger partial charge >= 0.3 is 6.09 Å². The smallest absolute Gasteiger partial charge is 0.407 e. The van der Waals surface area contributed by atoms with E-state index in [2.05, 4.69) is 5.32 Å².